The largest absolute Gasteiger partial charge is 0.465 e. The molecule has 24 heavy (non-hydrogen) atoms. The zero-order valence-electron chi connectivity index (χ0n) is 13.1. The fraction of sp³-hybridized carbons (Fsp3) is 0.250. The summed E-state index contributed by atoms with van der Waals surface area (Å²) in [5, 5.41) is 5.40. The predicted octanol–water partition coefficient (Wildman–Crippen LogP) is 3.91. The number of thiophene rings is 1. The van der Waals surface area contributed by atoms with Crippen LogP contribution in [0, 0.1) is 0 Å². The van der Waals surface area contributed by atoms with E-state index in [4.69, 9.17) is 23.2 Å². The smallest absolute Gasteiger partial charge is 0.350 e. The molecule has 128 valence electrons. The molecule has 0 aliphatic rings. The minimum atomic E-state index is -0.473. The number of amides is 1. The maximum atomic E-state index is 12.2. The molecule has 0 saturated heterocycles. The molecule has 0 fully saturated rings. The molecule has 0 unspecified atom stereocenters. The van der Waals surface area contributed by atoms with Crippen LogP contribution in [0.1, 0.15) is 15.2 Å². The van der Waals surface area contributed by atoms with Crippen LogP contribution in [0.3, 0.4) is 0 Å². The summed E-state index contributed by atoms with van der Waals surface area (Å²) in [5.74, 6) is -0.710. The first-order valence-electron chi connectivity index (χ1n) is 6.99. The number of rotatable bonds is 6. The van der Waals surface area contributed by atoms with E-state index < -0.39 is 5.97 Å². The van der Waals surface area contributed by atoms with Crippen molar-refractivity contribution in [2.45, 2.75) is 6.54 Å². The Morgan fingerprint density at radius 3 is 2.75 bits per heavy atom. The third-order valence-corrected chi connectivity index (χ3v) is 4.95. The van der Waals surface area contributed by atoms with E-state index in [1.807, 2.05) is 12.1 Å². The standard InChI is InChI=1S/C16H16Cl2N2O3S/c1-20(8-10-4-3-5-11(17)14(10)18)9-13(21)19-12-6-7-24-15(12)16(22)23-2/h3-7H,8-9H2,1-2H3,(H,19,21). The van der Waals surface area contributed by atoms with Gasteiger partial charge in [0.2, 0.25) is 5.91 Å². The van der Waals surface area contributed by atoms with Gasteiger partial charge in [0.05, 0.1) is 29.4 Å². The first kappa shape index (κ1) is 18.7. The van der Waals surface area contributed by atoms with Crippen LogP contribution in [0.4, 0.5) is 5.69 Å². The number of carbonyl (C=O) groups is 2. The van der Waals surface area contributed by atoms with Crippen LogP contribution in [0.25, 0.3) is 0 Å². The second kappa shape index (κ2) is 8.48. The Bertz CT molecular complexity index is 749. The van der Waals surface area contributed by atoms with E-state index in [-0.39, 0.29) is 12.5 Å². The Balaban J connectivity index is 1.96. The highest BCUT2D eigenvalue weighted by molar-refractivity contribution is 7.12. The lowest BCUT2D eigenvalue weighted by Gasteiger charge is -2.17. The molecular weight excluding hydrogens is 371 g/mol. The predicted molar refractivity (Wildman–Crippen MR) is 97.1 cm³/mol. The Labute approximate surface area is 154 Å². The molecule has 1 aromatic carbocycles. The van der Waals surface area contributed by atoms with Gasteiger partial charge in [-0.05, 0) is 30.1 Å². The van der Waals surface area contributed by atoms with Crippen LogP contribution in [0.2, 0.25) is 10.0 Å². The number of nitrogens with one attached hydrogen (secondary N) is 1. The minimum Gasteiger partial charge on any atom is -0.465 e. The van der Waals surface area contributed by atoms with Crippen LogP contribution in [0.5, 0.6) is 0 Å². The summed E-state index contributed by atoms with van der Waals surface area (Å²) >= 11 is 13.4. The number of methoxy groups -OCH3 is 1. The summed E-state index contributed by atoms with van der Waals surface area (Å²) in [4.78, 5) is 25.9. The number of ether oxygens (including phenoxy) is 1. The van der Waals surface area contributed by atoms with Gasteiger partial charge in [-0.1, -0.05) is 35.3 Å². The molecule has 1 N–H and O–H groups in total. The molecule has 2 rings (SSSR count). The van der Waals surface area contributed by atoms with Gasteiger partial charge in [-0.25, -0.2) is 4.79 Å². The van der Waals surface area contributed by atoms with Gasteiger partial charge in [-0.15, -0.1) is 11.3 Å². The number of hydrogen-bond acceptors (Lipinski definition) is 5. The maximum absolute atomic E-state index is 12.2. The lowest BCUT2D eigenvalue weighted by atomic mass is 10.2. The van der Waals surface area contributed by atoms with E-state index in [0.717, 1.165) is 5.56 Å². The number of anilines is 1. The first-order chi connectivity index (χ1) is 11.4. The fourth-order valence-corrected chi connectivity index (χ4v) is 3.26. The Kier molecular flexibility index (Phi) is 6.62. The molecule has 2 aromatic rings. The molecule has 0 atom stereocenters. The van der Waals surface area contributed by atoms with Crippen molar-refractivity contribution in [1.29, 1.82) is 0 Å². The Morgan fingerprint density at radius 2 is 2.04 bits per heavy atom. The summed E-state index contributed by atoms with van der Waals surface area (Å²) < 4.78 is 4.68. The van der Waals surface area contributed by atoms with E-state index in [9.17, 15) is 9.59 Å². The minimum absolute atomic E-state index is 0.138. The third-order valence-electron chi connectivity index (χ3n) is 3.20. The number of hydrogen-bond donors (Lipinski definition) is 1. The summed E-state index contributed by atoms with van der Waals surface area (Å²) in [6.45, 7) is 0.611. The van der Waals surface area contributed by atoms with Gasteiger partial charge in [0.1, 0.15) is 4.88 Å². The van der Waals surface area contributed by atoms with Crippen molar-refractivity contribution in [3.05, 3.63) is 50.1 Å². The molecule has 8 heteroatoms. The lowest BCUT2D eigenvalue weighted by Crippen LogP contribution is -2.30. The van der Waals surface area contributed by atoms with Gasteiger partial charge in [0.15, 0.2) is 0 Å². The second-order valence-electron chi connectivity index (χ2n) is 5.09. The SMILES string of the molecule is COC(=O)c1sccc1NC(=O)CN(C)Cc1cccc(Cl)c1Cl. The summed E-state index contributed by atoms with van der Waals surface area (Å²) in [6, 6.07) is 7.05. The summed E-state index contributed by atoms with van der Waals surface area (Å²) in [6.07, 6.45) is 0. The molecule has 0 bridgehead atoms. The molecule has 0 aliphatic carbocycles. The molecule has 0 aliphatic heterocycles. The average Bonchev–Trinajstić information content (AvgIpc) is 2.98. The molecular formula is C16H16Cl2N2O3S. The number of nitrogens with zero attached hydrogens (tertiary/aromatic N) is 1. The zero-order chi connectivity index (χ0) is 17.7. The van der Waals surface area contributed by atoms with E-state index >= 15 is 0 Å². The monoisotopic (exact) mass is 386 g/mol. The van der Waals surface area contributed by atoms with Crippen molar-refractivity contribution in [3.8, 4) is 0 Å². The van der Waals surface area contributed by atoms with Crippen LogP contribution >= 0.6 is 34.5 Å². The summed E-state index contributed by atoms with van der Waals surface area (Å²) in [7, 11) is 3.10. The highest BCUT2D eigenvalue weighted by Gasteiger charge is 2.16. The van der Waals surface area contributed by atoms with Crippen molar-refractivity contribution in [1.82, 2.24) is 4.90 Å². The second-order valence-corrected chi connectivity index (χ2v) is 6.79. The third kappa shape index (κ3) is 4.70. The number of esters is 1. The highest BCUT2D eigenvalue weighted by Crippen LogP contribution is 2.26. The number of benzene rings is 1. The van der Waals surface area contributed by atoms with E-state index in [1.165, 1.54) is 18.4 Å². The van der Waals surface area contributed by atoms with Crippen LogP contribution < -0.4 is 5.32 Å². The van der Waals surface area contributed by atoms with Crippen molar-refractivity contribution < 1.29 is 14.3 Å². The molecule has 1 amide bonds. The Morgan fingerprint density at radius 1 is 1.29 bits per heavy atom. The quantitative estimate of drug-likeness (QED) is 0.764. The van der Waals surface area contributed by atoms with E-state index in [2.05, 4.69) is 10.1 Å². The van der Waals surface area contributed by atoms with Gasteiger partial charge < -0.3 is 10.1 Å². The molecule has 1 aromatic heterocycles. The number of carbonyl (C=O) groups excluding carboxylic acids is 2. The molecule has 0 saturated carbocycles. The van der Waals surface area contributed by atoms with Crippen LogP contribution in [0.15, 0.2) is 29.6 Å². The van der Waals surface area contributed by atoms with E-state index in [1.54, 1.807) is 29.5 Å². The summed E-state index contributed by atoms with van der Waals surface area (Å²) in [5.41, 5.74) is 1.29. The zero-order valence-corrected chi connectivity index (χ0v) is 15.5. The van der Waals surface area contributed by atoms with Crippen LogP contribution in [-0.2, 0) is 16.1 Å². The van der Waals surface area contributed by atoms with Gasteiger partial charge >= 0.3 is 5.97 Å². The first-order valence-corrected chi connectivity index (χ1v) is 8.63. The van der Waals surface area contributed by atoms with Gasteiger partial charge in [-0.3, -0.25) is 9.69 Å². The van der Waals surface area contributed by atoms with Gasteiger partial charge in [0, 0.05) is 6.54 Å². The van der Waals surface area contributed by atoms with E-state index in [0.29, 0.717) is 27.2 Å². The molecule has 0 radical (unpaired) electrons. The molecule has 1 heterocycles. The lowest BCUT2D eigenvalue weighted by molar-refractivity contribution is -0.117. The highest BCUT2D eigenvalue weighted by atomic mass is 35.5. The fourth-order valence-electron chi connectivity index (χ4n) is 2.11. The molecule has 0 spiro atoms. The number of likely N-dealkylation sites (N-methyl/N-ethyl adjacent to an activating group) is 1. The van der Waals surface area contributed by atoms with Crippen LogP contribution in [-0.4, -0.2) is 37.5 Å². The molecule has 5 nitrogen and oxygen atoms in total. The van der Waals surface area contributed by atoms with Crippen molar-refractivity contribution in [2.24, 2.45) is 0 Å². The van der Waals surface area contributed by atoms with Gasteiger partial charge in [-0.2, -0.15) is 0 Å². The van der Waals surface area contributed by atoms with Crippen molar-refractivity contribution in [3.63, 3.8) is 0 Å². The van der Waals surface area contributed by atoms with Crippen molar-refractivity contribution in [2.75, 3.05) is 26.0 Å². The topological polar surface area (TPSA) is 58.6 Å². The van der Waals surface area contributed by atoms with Gasteiger partial charge in [0.25, 0.3) is 0 Å². The average molecular weight is 387 g/mol. The Hall–Kier alpha value is -1.60. The normalized spacial score (nSPS) is 10.7. The number of halogens is 2. The maximum Gasteiger partial charge on any atom is 0.350 e. The van der Waals surface area contributed by atoms with Crippen molar-refractivity contribution >= 4 is 52.1 Å².